The van der Waals surface area contributed by atoms with Gasteiger partial charge in [0, 0.05) is 18.5 Å². The molecule has 6 heteroatoms. The van der Waals surface area contributed by atoms with Gasteiger partial charge in [-0.25, -0.2) is 14.8 Å². The molecule has 0 bridgehead atoms. The number of carbonyl (C=O) groups is 1. The van der Waals surface area contributed by atoms with Crippen LogP contribution in [0.4, 0.5) is 0 Å². The standard InChI is InChI=1S/C14H18ClN3O2/c1-9(2)12(14(19)20-3)18-11(6-7-15)17-10-5-4-8-16-13(10)18/h4-5,8-9,12H,6-7H2,1-3H3. The van der Waals surface area contributed by atoms with Crippen LogP contribution < -0.4 is 0 Å². The Morgan fingerprint density at radius 2 is 2.25 bits per heavy atom. The van der Waals surface area contributed by atoms with Crippen molar-refractivity contribution in [1.29, 1.82) is 0 Å². The maximum absolute atomic E-state index is 12.1. The van der Waals surface area contributed by atoms with E-state index in [9.17, 15) is 4.79 Å². The van der Waals surface area contributed by atoms with Gasteiger partial charge in [-0.15, -0.1) is 11.6 Å². The van der Waals surface area contributed by atoms with Crippen LogP contribution in [-0.4, -0.2) is 33.5 Å². The summed E-state index contributed by atoms with van der Waals surface area (Å²) in [5, 5.41) is 0. The fourth-order valence-electron chi connectivity index (χ4n) is 2.33. The van der Waals surface area contributed by atoms with Gasteiger partial charge in [-0.1, -0.05) is 13.8 Å². The second kappa shape index (κ2) is 6.22. The van der Waals surface area contributed by atoms with Crippen molar-refractivity contribution in [2.75, 3.05) is 13.0 Å². The fourth-order valence-corrected chi connectivity index (χ4v) is 2.50. The lowest BCUT2D eigenvalue weighted by Gasteiger charge is -2.22. The number of alkyl halides is 1. The molecule has 0 aliphatic carbocycles. The van der Waals surface area contributed by atoms with Crippen LogP contribution in [-0.2, 0) is 16.0 Å². The summed E-state index contributed by atoms with van der Waals surface area (Å²) in [6.07, 6.45) is 2.28. The SMILES string of the molecule is COC(=O)C(C(C)C)n1c(CCCl)nc2cccnc21. The summed E-state index contributed by atoms with van der Waals surface area (Å²) in [5.74, 6) is 0.976. The molecule has 0 radical (unpaired) electrons. The molecule has 0 amide bonds. The minimum absolute atomic E-state index is 0.0657. The summed E-state index contributed by atoms with van der Waals surface area (Å²) in [7, 11) is 1.39. The van der Waals surface area contributed by atoms with E-state index in [1.54, 1.807) is 6.20 Å². The lowest BCUT2D eigenvalue weighted by Crippen LogP contribution is -2.27. The van der Waals surface area contributed by atoms with Gasteiger partial charge in [-0.2, -0.15) is 0 Å². The van der Waals surface area contributed by atoms with Gasteiger partial charge in [0.1, 0.15) is 17.4 Å². The maximum Gasteiger partial charge on any atom is 0.329 e. The molecule has 108 valence electrons. The molecule has 2 aromatic heterocycles. The Kier molecular flexibility index (Phi) is 4.60. The monoisotopic (exact) mass is 295 g/mol. The third-order valence-electron chi connectivity index (χ3n) is 3.19. The Morgan fingerprint density at radius 1 is 1.50 bits per heavy atom. The second-order valence-electron chi connectivity index (χ2n) is 4.90. The van der Waals surface area contributed by atoms with Crippen molar-refractivity contribution in [2.45, 2.75) is 26.3 Å². The summed E-state index contributed by atoms with van der Waals surface area (Å²) in [6.45, 7) is 3.95. The summed E-state index contributed by atoms with van der Waals surface area (Å²) in [5.41, 5.74) is 1.46. The Balaban J connectivity index is 2.64. The number of esters is 1. The van der Waals surface area contributed by atoms with Crippen LogP contribution in [0.3, 0.4) is 0 Å². The number of halogens is 1. The molecule has 2 heterocycles. The first-order chi connectivity index (χ1) is 9.60. The highest BCUT2D eigenvalue weighted by molar-refractivity contribution is 6.17. The summed E-state index contributed by atoms with van der Waals surface area (Å²) < 4.78 is 6.79. The predicted molar refractivity (Wildman–Crippen MR) is 77.8 cm³/mol. The highest BCUT2D eigenvalue weighted by Gasteiger charge is 2.29. The first-order valence-corrected chi connectivity index (χ1v) is 7.09. The van der Waals surface area contributed by atoms with Crippen LogP contribution in [0.25, 0.3) is 11.2 Å². The number of aryl methyl sites for hydroxylation is 1. The summed E-state index contributed by atoms with van der Waals surface area (Å²) in [6, 6.07) is 3.26. The molecule has 20 heavy (non-hydrogen) atoms. The average molecular weight is 296 g/mol. The zero-order valence-electron chi connectivity index (χ0n) is 11.8. The lowest BCUT2D eigenvalue weighted by molar-refractivity contribution is -0.146. The van der Waals surface area contributed by atoms with E-state index in [0.717, 1.165) is 11.3 Å². The number of carbonyl (C=O) groups excluding carboxylic acids is 1. The molecule has 0 N–H and O–H groups in total. The minimum Gasteiger partial charge on any atom is -0.467 e. The van der Waals surface area contributed by atoms with Gasteiger partial charge in [0.25, 0.3) is 0 Å². The Morgan fingerprint density at radius 3 is 2.85 bits per heavy atom. The van der Waals surface area contributed by atoms with Crippen molar-refractivity contribution in [3.05, 3.63) is 24.2 Å². The molecule has 1 unspecified atom stereocenters. The van der Waals surface area contributed by atoms with Crippen LogP contribution in [0.15, 0.2) is 18.3 Å². The Hall–Kier alpha value is -1.62. The first-order valence-electron chi connectivity index (χ1n) is 6.55. The molecule has 0 aliphatic rings. The van der Waals surface area contributed by atoms with E-state index in [2.05, 4.69) is 9.97 Å². The number of rotatable bonds is 5. The van der Waals surface area contributed by atoms with Gasteiger partial charge >= 0.3 is 5.97 Å². The number of hydrogen-bond acceptors (Lipinski definition) is 4. The predicted octanol–water partition coefficient (Wildman–Crippen LogP) is 2.58. The number of pyridine rings is 1. The van der Waals surface area contributed by atoms with E-state index in [-0.39, 0.29) is 11.9 Å². The number of fused-ring (bicyclic) bond motifs is 1. The first kappa shape index (κ1) is 14.8. The minimum atomic E-state index is -0.446. The maximum atomic E-state index is 12.1. The van der Waals surface area contributed by atoms with E-state index < -0.39 is 6.04 Å². The normalized spacial score (nSPS) is 12.8. The lowest BCUT2D eigenvalue weighted by atomic mass is 10.0. The average Bonchev–Trinajstić information content (AvgIpc) is 2.77. The van der Waals surface area contributed by atoms with Crippen molar-refractivity contribution in [3.63, 3.8) is 0 Å². The topological polar surface area (TPSA) is 57.0 Å². The molecule has 0 aliphatic heterocycles. The summed E-state index contributed by atoms with van der Waals surface area (Å²) >= 11 is 5.84. The molecule has 0 saturated carbocycles. The molecule has 1 atom stereocenters. The van der Waals surface area contributed by atoms with E-state index in [0.29, 0.717) is 17.9 Å². The largest absolute Gasteiger partial charge is 0.467 e. The Bertz CT molecular complexity index is 609. The van der Waals surface area contributed by atoms with Gasteiger partial charge in [-0.05, 0) is 18.1 Å². The van der Waals surface area contributed by atoms with E-state index in [1.165, 1.54) is 7.11 Å². The van der Waals surface area contributed by atoms with Crippen molar-refractivity contribution in [3.8, 4) is 0 Å². The van der Waals surface area contributed by atoms with Gasteiger partial charge in [0.2, 0.25) is 0 Å². The molecule has 2 aromatic rings. The molecule has 2 rings (SSSR count). The van der Waals surface area contributed by atoms with Gasteiger partial charge in [0.05, 0.1) is 7.11 Å². The number of aromatic nitrogens is 3. The van der Waals surface area contributed by atoms with Gasteiger partial charge in [0.15, 0.2) is 5.65 Å². The van der Waals surface area contributed by atoms with Crippen molar-refractivity contribution < 1.29 is 9.53 Å². The van der Waals surface area contributed by atoms with Crippen molar-refractivity contribution in [2.24, 2.45) is 5.92 Å². The molecular weight excluding hydrogens is 278 g/mol. The number of ether oxygens (including phenoxy) is 1. The fraction of sp³-hybridized carbons (Fsp3) is 0.500. The van der Waals surface area contributed by atoms with Crippen molar-refractivity contribution >= 4 is 28.7 Å². The van der Waals surface area contributed by atoms with Gasteiger partial charge in [-0.3, -0.25) is 4.57 Å². The molecule has 0 spiro atoms. The highest BCUT2D eigenvalue weighted by atomic mass is 35.5. The second-order valence-corrected chi connectivity index (χ2v) is 5.27. The smallest absolute Gasteiger partial charge is 0.329 e. The third kappa shape index (κ3) is 2.63. The zero-order valence-corrected chi connectivity index (χ0v) is 12.6. The number of hydrogen-bond donors (Lipinski definition) is 0. The molecule has 0 saturated heterocycles. The molecule has 5 nitrogen and oxygen atoms in total. The quantitative estimate of drug-likeness (QED) is 0.628. The number of methoxy groups -OCH3 is 1. The zero-order chi connectivity index (χ0) is 14.7. The highest BCUT2D eigenvalue weighted by Crippen LogP contribution is 2.26. The van der Waals surface area contributed by atoms with Crippen LogP contribution >= 0.6 is 11.6 Å². The van der Waals surface area contributed by atoms with Crippen LogP contribution in [0.2, 0.25) is 0 Å². The third-order valence-corrected chi connectivity index (χ3v) is 3.38. The van der Waals surface area contributed by atoms with Gasteiger partial charge < -0.3 is 4.74 Å². The van der Waals surface area contributed by atoms with E-state index in [4.69, 9.17) is 16.3 Å². The molecule has 0 aromatic carbocycles. The molecule has 0 fully saturated rings. The Labute approximate surface area is 122 Å². The van der Waals surface area contributed by atoms with E-state index >= 15 is 0 Å². The van der Waals surface area contributed by atoms with Crippen LogP contribution in [0, 0.1) is 5.92 Å². The number of nitrogens with zero attached hydrogens (tertiary/aromatic N) is 3. The number of imidazole rings is 1. The van der Waals surface area contributed by atoms with E-state index in [1.807, 2.05) is 30.5 Å². The van der Waals surface area contributed by atoms with Crippen molar-refractivity contribution in [1.82, 2.24) is 14.5 Å². The van der Waals surface area contributed by atoms with Crippen LogP contribution in [0.1, 0.15) is 25.7 Å². The summed E-state index contributed by atoms with van der Waals surface area (Å²) in [4.78, 5) is 21.0. The van der Waals surface area contributed by atoms with Crippen LogP contribution in [0.5, 0.6) is 0 Å². The molecular formula is C14H18ClN3O2.